The highest BCUT2D eigenvalue weighted by molar-refractivity contribution is 5.65. The molecule has 144 valence electrons. The first-order valence-corrected chi connectivity index (χ1v) is 9.65. The van der Waals surface area contributed by atoms with Crippen LogP contribution >= 0.6 is 0 Å². The molecule has 0 aliphatic carbocycles. The van der Waals surface area contributed by atoms with Gasteiger partial charge >= 0.3 is 0 Å². The van der Waals surface area contributed by atoms with Crippen LogP contribution in [0.2, 0.25) is 0 Å². The highest BCUT2D eigenvalue weighted by Gasteiger charge is 2.14. The third-order valence-corrected chi connectivity index (χ3v) is 5.19. The summed E-state index contributed by atoms with van der Waals surface area (Å²) >= 11 is 0. The molecule has 0 amide bonds. The van der Waals surface area contributed by atoms with Gasteiger partial charge in [-0.25, -0.2) is 4.98 Å². The van der Waals surface area contributed by atoms with Crippen molar-refractivity contribution >= 4 is 17.1 Å². The first-order chi connectivity index (χ1) is 13.7. The first-order valence-electron chi connectivity index (χ1n) is 9.65. The molecule has 3 aromatic rings. The number of hydrogen-bond acceptors (Lipinski definition) is 5. The molecule has 2 aromatic carbocycles. The van der Waals surface area contributed by atoms with E-state index in [4.69, 9.17) is 4.74 Å². The molecule has 0 atom stereocenters. The van der Waals surface area contributed by atoms with Crippen LogP contribution in [-0.4, -0.2) is 50.2 Å². The lowest BCUT2D eigenvalue weighted by atomic mass is 10.2. The summed E-state index contributed by atoms with van der Waals surface area (Å²) in [6.45, 7) is 4.41. The Hall–Kier alpha value is -3.05. The first kappa shape index (κ1) is 18.3. The Morgan fingerprint density at radius 1 is 0.821 bits per heavy atom. The van der Waals surface area contributed by atoms with E-state index in [0.29, 0.717) is 5.88 Å². The Bertz CT molecular complexity index is 873. The summed E-state index contributed by atoms with van der Waals surface area (Å²) in [6, 6.07) is 22.5. The highest BCUT2D eigenvalue weighted by Crippen LogP contribution is 2.29. The number of benzene rings is 2. The van der Waals surface area contributed by atoms with E-state index < -0.39 is 0 Å². The van der Waals surface area contributed by atoms with Crippen LogP contribution in [0, 0.1) is 0 Å². The van der Waals surface area contributed by atoms with E-state index >= 15 is 0 Å². The average molecular weight is 374 g/mol. The van der Waals surface area contributed by atoms with Crippen LogP contribution in [0.15, 0.2) is 72.9 Å². The summed E-state index contributed by atoms with van der Waals surface area (Å²) in [6.07, 6.45) is 1.73. The standard InChI is InChI=1S/C23H26N4O/c1-25-15-17-27(18-16-25)21-8-6-19(7-9-21)26(2)20-10-12-22(13-11-20)28-23-5-3-4-14-24-23/h3-14H,15-18H2,1-2H3. The molecule has 5 heteroatoms. The third kappa shape index (κ3) is 4.26. The summed E-state index contributed by atoms with van der Waals surface area (Å²) < 4.78 is 5.77. The lowest BCUT2D eigenvalue weighted by Crippen LogP contribution is -2.44. The van der Waals surface area contributed by atoms with Gasteiger partial charge in [-0.05, 0) is 61.6 Å². The fraction of sp³-hybridized carbons (Fsp3) is 0.261. The second-order valence-corrected chi connectivity index (χ2v) is 7.13. The van der Waals surface area contributed by atoms with Crippen molar-refractivity contribution in [3.63, 3.8) is 0 Å². The summed E-state index contributed by atoms with van der Waals surface area (Å²) in [5.74, 6) is 1.38. The smallest absolute Gasteiger partial charge is 0.219 e. The van der Waals surface area contributed by atoms with E-state index in [-0.39, 0.29) is 0 Å². The van der Waals surface area contributed by atoms with Gasteiger partial charge in [0.1, 0.15) is 5.75 Å². The van der Waals surface area contributed by atoms with Gasteiger partial charge in [-0.15, -0.1) is 0 Å². The average Bonchev–Trinajstić information content (AvgIpc) is 2.75. The molecular formula is C23H26N4O. The minimum Gasteiger partial charge on any atom is -0.439 e. The van der Waals surface area contributed by atoms with Crippen molar-refractivity contribution in [2.24, 2.45) is 0 Å². The van der Waals surface area contributed by atoms with Gasteiger partial charge in [0, 0.05) is 62.6 Å². The van der Waals surface area contributed by atoms with Gasteiger partial charge in [0.25, 0.3) is 0 Å². The minimum atomic E-state index is 0.600. The van der Waals surface area contributed by atoms with Crippen molar-refractivity contribution < 1.29 is 4.74 Å². The monoisotopic (exact) mass is 374 g/mol. The fourth-order valence-corrected chi connectivity index (χ4v) is 3.37. The predicted molar refractivity (Wildman–Crippen MR) is 115 cm³/mol. The SMILES string of the molecule is CN1CCN(c2ccc(N(C)c3ccc(Oc4ccccn4)cc3)cc2)CC1. The Balaban J connectivity index is 1.41. The topological polar surface area (TPSA) is 31.8 Å². The molecule has 1 saturated heterocycles. The van der Waals surface area contributed by atoms with Crippen molar-refractivity contribution in [3.05, 3.63) is 72.9 Å². The van der Waals surface area contributed by atoms with E-state index in [0.717, 1.165) is 43.3 Å². The number of pyridine rings is 1. The van der Waals surface area contributed by atoms with Gasteiger partial charge in [0.15, 0.2) is 0 Å². The minimum absolute atomic E-state index is 0.600. The molecule has 0 radical (unpaired) electrons. The molecule has 4 rings (SSSR count). The molecular weight excluding hydrogens is 348 g/mol. The number of nitrogens with zero attached hydrogens (tertiary/aromatic N) is 4. The number of likely N-dealkylation sites (N-methyl/N-ethyl adjacent to an activating group) is 1. The van der Waals surface area contributed by atoms with Crippen molar-refractivity contribution in [1.29, 1.82) is 0 Å². The van der Waals surface area contributed by atoms with Crippen LogP contribution in [0.3, 0.4) is 0 Å². The van der Waals surface area contributed by atoms with Crippen LogP contribution in [0.4, 0.5) is 17.1 Å². The van der Waals surface area contributed by atoms with Gasteiger partial charge in [-0.2, -0.15) is 0 Å². The Labute approximate surface area is 166 Å². The van der Waals surface area contributed by atoms with Gasteiger partial charge in [-0.1, -0.05) is 6.07 Å². The molecule has 0 saturated carbocycles. The summed E-state index contributed by atoms with van der Waals surface area (Å²) in [5.41, 5.74) is 3.57. The maximum absolute atomic E-state index is 5.77. The highest BCUT2D eigenvalue weighted by atomic mass is 16.5. The van der Waals surface area contributed by atoms with E-state index in [1.54, 1.807) is 6.20 Å². The van der Waals surface area contributed by atoms with Crippen LogP contribution in [-0.2, 0) is 0 Å². The normalized spacial score (nSPS) is 14.7. The van der Waals surface area contributed by atoms with E-state index in [1.807, 2.05) is 30.3 Å². The van der Waals surface area contributed by atoms with Crippen molar-refractivity contribution in [2.75, 3.05) is 50.1 Å². The molecule has 0 spiro atoms. The molecule has 28 heavy (non-hydrogen) atoms. The van der Waals surface area contributed by atoms with Crippen LogP contribution < -0.4 is 14.5 Å². The predicted octanol–water partition coefficient (Wildman–Crippen LogP) is 4.39. The van der Waals surface area contributed by atoms with E-state index in [1.165, 1.54) is 5.69 Å². The molecule has 1 aliphatic rings. The molecule has 2 heterocycles. The van der Waals surface area contributed by atoms with Crippen molar-refractivity contribution in [3.8, 4) is 11.6 Å². The molecule has 1 aromatic heterocycles. The molecule has 1 aliphatic heterocycles. The van der Waals surface area contributed by atoms with Crippen molar-refractivity contribution in [2.45, 2.75) is 0 Å². The van der Waals surface area contributed by atoms with Gasteiger partial charge in [0.2, 0.25) is 5.88 Å². The second-order valence-electron chi connectivity index (χ2n) is 7.13. The zero-order chi connectivity index (χ0) is 19.3. The van der Waals surface area contributed by atoms with E-state index in [2.05, 4.69) is 70.2 Å². The van der Waals surface area contributed by atoms with Gasteiger partial charge < -0.3 is 19.4 Å². The Morgan fingerprint density at radius 3 is 2.07 bits per heavy atom. The zero-order valence-electron chi connectivity index (χ0n) is 16.5. The van der Waals surface area contributed by atoms with Gasteiger partial charge in [0.05, 0.1) is 0 Å². The fourth-order valence-electron chi connectivity index (χ4n) is 3.37. The zero-order valence-corrected chi connectivity index (χ0v) is 16.5. The summed E-state index contributed by atoms with van der Waals surface area (Å²) in [7, 11) is 4.27. The summed E-state index contributed by atoms with van der Waals surface area (Å²) in [4.78, 5) is 11.2. The molecule has 0 unspecified atom stereocenters. The lowest BCUT2D eigenvalue weighted by molar-refractivity contribution is 0.313. The molecule has 5 nitrogen and oxygen atoms in total. The van der Waals surface area contributed by atoms with Crippen LogP contribution in [0.1, 0.15) is 0 Å². The number of aromatic nitrogens is 1. The van der Waals surface area contributed by atoms with Crippen LogP contribution in [0.25, 0.3) is 0 Å². The number of hydrogen-bond donors (Lipinski definition) is 0. The quantitative estimate of drug-likeness (QED) is 0.661. The lowest BCUT2D eigenvalue weighted by Gasteiger charge is -2.34. The number of rotatable bonds is 5. The number of piperazine rings is 1. The third-order valence-electron chi connectivity index (χ3n) is 5.19. The summed E-state index contributed by atoms with van der Waals surface area (Å²) in [5, 5.41) is 0. The van der Waals surface area contributed by atoms with E-state index in [9.17, 15) is 0 Å². The molecule has 0 N–H and O–H groups in total. The largest absolute Gasteiger partial charge is 0.439 e. The number of ether oxygens (including phenoxy) is 1. The Kier molecular flexibility index (Phi) is 5.44. The molecule has 0 bridgehead atoms. The maximum Gasteiger partial charge on any atom is 0.219 e. The second kappa shape index (κ2) is 8.31. The van der Waals surface area contributed by atoms with Gasteiger partial charge in [-0.3, -0.25) is 0 Å². The maximum atomic E-state index is 5.77. The van der Waals surface area contributed by atoms with Crippen LogP contribution in [0.5, 0.6) is 11.6 Å². The number of anilines is 3. The van der Waals surface area contributed by atoms with Crippen molar-refractivity contribution in [1.82, 2.24) is 9.88 Å². The molecule has 1 fully saturated rings. The Morgan fingerprint density at radius 2 is 1.46 bits per heavy atom.